The van der Waals surface area contributed by atoms with Crippen LogP contribution in [0.15, 0.2) is 47.4 Å². The van der Waals surface area contributed by atoms with E-state index in [1.54, 1.807) is 24.3 Å². The number of halogens is 2. The number of amides is 1. The van der Waals surface area contributed by atoms with Crippen LogP contribution in [0.1, 0.15) is 17.7 Å². The first-order valence-electron chi connectivity index (χ1n) is 11.4. The Morgan fingerprint density at radius 2 is 2.03 bits per heavy atom. The highest BCUT2D eigenvalue weighted by atomic mass is 35.5. The molecule has 3 heterocycles. The SMILES string of the molecule is Cc1c(CC=CNC(=O)OC2CCN2)[nH]c(=O)c2c1ccc1nc(Nc3c(Cl)cccc3Cl)n(C)c12. The second-order valence-corrected chi connectivity index (χ2v) is 9.33. The van der Waals surface area contributed by atoms with Crippen molar-refractivity contribution in [2.24, 2.45) is 7.05 Å². The lowest BCUT2D eigenvalue weighted by atomic mass is 10.0. The van der Waals surface area contributed by atoms with Crippen LogP contribution in [0.3, 0.4) is 0 Å². The van der Waals surface area contributed by atoms with Gasteiger partial charge in [-0.05, 0) is 36.1 Å². The van der Waals surface area contributed by atoms with Gasteiger partial charge in [0.05, 0.1) is 32.2 Å². The number of hydrogen-bond donors (Lipinski definition) is 4. The number of para-hydroxylation sites is 1. The van der Waals surface area contributed by atoms with Crippen molar-refractivity contribution in [3.05, 3.63) is 74.3 Å². The Hall–Kier alpha value is -3.53. The maximum absolute atomic E-state index is 13.2. The summed E-state index contributed by atoms with van der Waals surface area (Å²) in [6.45, 7) is 2.80. The van der Waals surface area contributed by atoms with E-state index in [9.17, 15) is 9.59 Å². The number of pyridine rings is 1. The highest BCUT2D eigenvalue weighted by molar-refractivity contribution is 6.39. The zero-order valence-electron chi connectivity index (χ0n) is 19.6. The Bertz CT molecular complexity index is 1550. The van der Waals surface area contributed by atoms with Gasteiger partial charge in [-0.25, -0.2) is 9.78 Å². The first-order valence-corrected chi connectivity index (χ1v) is 12.2. The second-order valence-electron chi connectivity index (χ2n) is 8.52. The summed E-state index contributed by atoms with van der Waals surface area (Å²) in [6, 6.07) is 9.02. The molecule has 0 aliphatic carbocycles. The van der Waals surface area contributed by atoms with Gasteiger partial charge < -0.3 is 19.6 Å². The van der Waals surface area contributed by atoms with Gasteiger partial charge in [-0.15, -0.1) is 0 Å². The molecule has 1 fully saturated rings. The number of rotatable bonds is 6. The summed E-state index contributed by atoms with van der Waals surface area (Å²) in [5.74, 6) is 0.506. The quantitative estimate of drug-likeness (QED) is 0.285. The van der Waals surface area contributed by atoms with E-state index in [0.29, 0.717) is 44.5 Å². The number of anilines is 2. The number of aromatic amines is 1. The molecule has 11 heteroatoms. The summed E-state index contributed by atoms with van der Waals surface area (Å²) in [6.07, 6.45) is 3.78. The lowest BCUT2D eigenvalue weighted by Crippen LogP contribution is -2.47. The minimum atomic E-state index is -0.520. The number of aromatic nitrogens is 3. The highest BCUT2D eigenvalue weighted by Gasteiger charge is 2.20. The number of hydrogen-bond acceptors (Lipinski definition) is 6. The summed E-state index contributed by atoms with van der Waals surface area (Å²) in [7, 11) is 1.83. The van der Waals surface area contributed by atoms with Gasteiger partial charge in [0.2, 0.25) is 5.95 Å². The summed E-state index contributed by atoms with van der Waals surface area (Å²) < 4.78 is 6.96. The normalized spacial score (nSPS) is 15.4. The number of carbonyl (C=O) groups excluding carboxylic acids is 1. The van der Waals surface area contributed by atoms with Crippen molar-refractivity contribution in [2.75, 3.05) is 11.9 Å². The Balaban J connectivity index is 1.43. The number of nitrogens with zero attached hydrogens (tertiary/aromatic N) is 2. The number of carbonyl (C=O) groups is 1. The Kier molecular flexibility index (Phi) is 6.61. The van der Waals surface area contributed by atoms with E-state index in [1.807, 2.05) is 30.7 Å². The number of allylic oxidation sites excluding steroid dienone is 1. The van der Waals surface area contributed by atoms with E-state index in [1.165, 1.54) is 6.20 Å². The van der Waals surface area contributed by atoms with Crippen LogP contribution in [-0.4, -0.2) is 33.4 Å². The topological polar surface area (TPSA) is 113 Å². The van der Waals surface area contributed by atoms with Crippen LogP contribution >= 0.6 is 23.2 Å². The zero-order chi connectivity index (χ0) is 25.4. The first-order chi connectivity index (χ1) is 17.3. The van der Waals surface area contributed by atoms with Crippen LogP contribution < -0.4 is 21.5 Å². The van der Waals surface area contributed by atoms with Gasteiger partial charge in [-0.2, -0.15) is 0 Å². The number of alkyl carbamates (subject to hydrolysis) is 1. The summed E-state index contributed by atoms with van der Waals surface area (Å²) >= 11 is 12.6. The Morgan fingerprint density at radius 3 is 2.72 bits per heavy atom. The number of imidazole rings is 1. The van der Waals surface area contributed by atoms with Gasteiger partial charge in [0.25, 0.3) is 5.56 Å². The molecule has 1 atom stereocenters. The fourth-order valence-corrected chi connectivity index (χ4v) is 4.67. The minimum Gasteiger partial charge on any atom is -0.430 e. The van der Waals surface area contributed by atoms with E-state index in [2.05, 4.69) is 25.9 Å². The molecule has 1 aliphatic rings. The van der Waals surface area contributed by atoms with Gasteiger partial charge in [-0.3, -0.25) is 15.4 Å². The molecule has 0 spiro atoms. The van der Waals surface area contributed by atoms with E-state index in [4.69, 9.17) is 27.9 Å². The minimum absolute atomic E-state index is 0.223. The monoisotopic (exact) mass is 526 g/mol. The number of nitrogens with one attached hydrogen (secondary N) is 4. The average Bonchev–Trinajstić information content (AvgIpc) is 3.14. The summed E-state index contributed by atoms with van der Waals surface area (Å²) in [4.78, 5) is 32.6. The molecule has 0 radical (unpaired) electrons. The molecular formula is C25H24Cl2N6O3. The van der Waals surface area contributed by atoms with Crippen LogP contribution in [-0.2, 0) is 18.2 Å². The van der Waals surface area contributed by atoms with Gasteiger partial charge in [0.15, 0.2) is 6.23 Å². The van der Waals surface area contributed by atoms with Crippen LogP contribution in [0.2, 0.25) is 10.0 Å². The number of aryl methyl sites for hydroxylation is 2. The van der Waals surface area contributed by atoms with Gasteiger partial charge in [0, 0.05) is 38.3 Å². The van der Waals surface area contributed by atoms with Crippen molar-refractivity contribution in [1.82, 2.24) is 25.2 Å². The second kappa shape index (κ2) is 9.85. The Labute approximate surface area is 216 Å². The fourth-order valence-electron chi connectivity index (χ4n) is 4.18. The molecular weight excluding hydrogens is 503 g/mol. The molecule has 186 valence electrons. The molecule has 4 N–H and O–H groups in total. The third-order valence-corrected chi connectivity index (χ3v) is 6.88. The molecule has 2 aromatic carbocycles. The molecule has 0 bridgehead atoms. The third kappa shape index (κ3) is 4.53. The van der Waals surface area contributed by atoms with Crippen LogP contribution in [0.4, 0.5) is 16.4 Å². The molecule has 36 heavy (non-hydrogen) atoms. The van der Waals surface area contributed by atoms with Crippen molar-refractivity contribution < 1.29 is 9.53 Å². The molecule has 5 rings (SSSR count). The number of H-pyrrole nitrogens is 1. The number of ether oxygens (including phenoxy) is 1. The largest absolute Gasteiger partial charge is 0.430 e. The van der Waals surface area contributed by atoms with Crippen LogP contribution in [0, 0.1) is 6.92 Å². The van der Waals surface area contributed by atoms with Gasteiger partial charge in [0.1, 0.15) is 0 Å². The summed E-state index contributed by atoms with van der Waals surface area (Å²) in [5.41, 5.74) is 3.36. The van der Waals surface area contributed by atoms with E-state index >= 15 is 0 Å². The van der Waals surface area contributed by atoms with Crippen molar-refractivity contribution >= 4 is 62.7 Å². The summed E-state index contributed by atoms with van der Waals surface area (Å²) in [5, 5.41) is 11.0. The van der Waals surface area contributed by atoms with Crippen molar-refractivity contribution in [2.45, 2.75) is 26.0 Å². The first kappa shape index (κ1) is 24.2. The van der Waals surface area contributed by atoms with Crippen molar-refractivity contribution in [1.29, 1.82) is 0 Å². The molecule has 1 aliphatic heterocycles. The van der Waals surface area contributed by atoms with E-state index < -0.39 is 6.09 Å². The average molecular weight is 527 g/mol. The molecule has 1 amide bonds. The van der Waals surface area contributed by atoms with E-state index in [-0.39, 0.29) is 11.8 Å². The van der Waals surface area contributed by atoms with Crippen LogP contribution in [0.25, 0.3) is 21.8 Å². The molecule has 9 nitrogen and oxygen atoms in total. The van der Waals surface area contributed by atoms with Crippen molar-refractivity contribution in [3.63, 3.8) is 0 Å². The predicted octanol–water partition coefficient (Wildman–Crippen LogP) is 4.88. The zero-order valence-corrected chi connectivity index (χ0v) is 21.1. The standard InChI is InChI=1S/C25H24Cl2N6O3/c1-13-14-8-9-18-22(33(2)24(31-18)32-21-15(26)5-3-6-16(21)27)20(14)23(34)30-17(13)7-4-11-29-25(35)36-19-10-12-28-19/h3-6,8-9,11,19,28H,7,10,12H2,1-2H3,(H,29,35)(H,30,34)(H,31,32). The van der Waals surface area contributed by atoms with E-state index in [0.717, 1.165) is 29.6 Å². The lowest BCUT2D eigenvalue weighted by molar-refractivity contribution is 0.0399. The maximum Gasteiger partial charge on any atom is 0.412 e. The van der Waals surface area contributed by atoms with Crippen molar-refractivity contribution in [3.8, 4) is 0 Å². The molecule has 2 aromatic heterocycles. The molecule has 1 saturated heterocycles. The fraction of sp³-hybridized carbons (Fsp3) is 0.240. The molecule has 4 aromatic rings. The predicted molar refractivity (Wildman–Crippen MR) is 142 cm³/mol. The Morgan fingerprint density at radius 1 is 1.28 bits per heavy atom. The highest BCUT2D eigenvalue weighted by Crippen LogP contribution is 2.34. The van der Waals surface area contributed by atoms with Gasteiger partial charge in [-0.1, -0.05) is 41.4 Å². The lowest BCUT2D eigenvalue weighted by Gasteiger charge is -2.26. The number of fused-ring (bicyclic) bond motifs is 3. The third-order valence-electron chi connectivity index (χ3n) is 6.25. The van der Waals surface area contributed by atoms with Gasteiger partial charge >= 0.3 is 6.09 Å². The maximum atomic E-state index is 13.2. The van der Waals surface area contributed by atoms with Crippen LogP contribution in [0.5, 0.6) is 0 Å². The molecule has 1 unspecified atom stereocenters. The molecule has 0 saturated carbocycles. The smallest absolute Gasteiger partial charge is 0.412 e. The number of benzene rings is 2.